The minimum atomic E-state index is -0.903. The second-order valence-corrected chi connectivity index (χ2v) is 11.3. The normalized spacial score (nSPS) is 18.3. The van der Waals surface area contributed by atoms with Crippen molar-refractivity contribution in [2.24, 2.45) is 0 Å². The number of amides is 1. The molecular formula is C32H34N4O6S. The predicted octanol–water partition coefficient (Wildman–Crippen LogP) is 5.17. The number of ether oxygens (including phenoxy) is 2. The lowest BCUT2D eigenvalue weighted by Crippen LogP contribution is -2.31. The summed E-state index contributed by atoms with van der Waals surface area (Å²) in [5.74, 6) is -0.402. The zero-order valence-corrected chi connectivity index (χ0v) is 24.3. The van der Waals surface area contributed by atoms with E-state index in [1.54, 1.807) is 11.8 Å². The van der Waals surface area contributed by atoms with Crippen LogP contribution in [0.25, 0.3) is 11.1 Å². The quantitative estimate of drug-likeness (QED) is 0.152. The van der Waals surface area contributed by atoms with Crippen molar-refractivity contribution < 1.29 is 29.3 Å². The maximum atomic E-state index is 12.1. The lowest BCUT2D eigenvalue weighted by atomic mass is 9.99. The SMILES string of the molecule is O=C(O)CCCC(=O)NCc1cccc(-c2cccc([C@H]3O[C@@H](CSc4ncn[nH]4)C[C@@H](c4ccc(CO)cc4)O3)c2)c1. The molecule has 0 spiro atoms. The Balaban J connectivity index is 1.30. The number of aromatic amines is 1. The number of H-pyrrole nitrogens is 1. The molecule has 3 aromatic carbocycles. The Kier molecular flexibility index (Phi) is 10.6. The first kappa shape index (κ1) is 30.4. The van der Waals surface area contributed by atoms with E-state index in [4.69, 9.17) is 14.6 Å². The van der Waals surface area contributed by atoms with E-state index in [0.717, 1.165) is 38.5 Å². The zero-order valence-electron chi connectivity index (χ0n) is 23.5. The predicted molar refractivity (Wildman–Crippen MR) is 161 cm³/mol. The van der Waals surface area contributed by atoms with Crippen LogP contribution in [0, 0.1) is 0 Å². The molecule has 2 heterocycles. The van der Waals surface area contributed by atoms with Gasteiger partial charge in [0.05, 0.1) is 18.8 Å². The average molecular weight is 603 g/mol. The Labute approximate surface area is 253 Å². The highest BCUT2D eigenvalue weighted by Crippen LogP contribution is 2.40. The summed E-state index contributed by atoms with van der Waals surface area (Å²) in [5, 5.41) is 28.6. The minimum absolute atomic E-state index is 0.0128. The Bertz CT molecular complexity index is 1500. The van der Waals surface area contributed by atoms with Crippen LogP contribution in [0.4, 0.5) is 0 Å². The first-order chi connectivity index (χ1) is 21.0. The molecule has 0 saturated carbocycles. The molecule has 43 heavy (non-hydrogen) atoms. The van der Waals surface area contributed by atoms with Crippen molar-refractivity contribution in [1.29, 1.82) is 0 Å². The first-order valence-corrected chi connectivity index (χ1v) is 15.1. The van der Waals surface area contributed by atoms with Crippen molar-refractivity contribution in [1.82, 2.24) is 20.5 Å². The highest BCUT2D eigenvalue weighted by molar-refractivity contribution is 7.99. The molecular weight excluding hydrogens is 568 g/mol. The van der Waals surface area contributed by atoms with Crippen LogP contribution in [0.15, 0.2) is 84.3 Å². The molecule has 1 fully saturated rings. The standard InChI is InChI=1S/C32H34N4O6S/c37-18-21-10-12-23(13-11-21)28-16-27(19-43-32-34-20-35-36-32)41-31(42-28)26-7-2-6-25(15-26)24-5-1-4-22(14-24)17-33-29(38)8-3-9-30(39)40/h1-2,4-7,10-15,20,27-28,31,37H,3,8-9,16-19H2,(H,33,38)(H,39,40)(H,34,35,36)/t27-,28+,31+/m1/s1. The van der Waals surface area contributed by atoms with Gasteiger partial charge >= 0.3 is 5.97 Å². The monoisotopic (exact) mass is 602 g/mol. The third-order valence-corrected chi connectivity index (χ3v) is 8.13. The van der Waals surface area contributed by atoms with Gasteiger partial charge in [0.25, 0.3) is 0 Å². The van der Waals surface area contributed by atoms with E-state index >= 15 is 0 Å². The summed E-state index contributed by atoms with van der Waals surface area (Å²) in [7, 11) is 0. The smallest absolute Gasteiger partial charge is 0.303 e. The molecule has 1 aliphatic heterocycles. The van der Waals surface area contributed by atoms with Gasteiger partial charge in [-0.05, 0) is 46.4 Å². The van der Waals surface area contributed by atoms with Crippen LogP contribution in [0.1, 0.15) is 60.3 Å². The van der Waals surface area contributed by atoms with Gasteiger partial charge < -0.3 is 25.0 Å². The number of hydrogen-bond acceptors (Lipinski definition) is 8. The van der Waals surface area contributed by atoms with Crippen LogP contribution >= 0.6 is 11.8 Å². The number of carbonyl (C=O) groups excluding carboxylic acids is 1. The number of thioether (sulfide) groups is 1. The van der Waals surface area contributed by atoms with Crippen molar-refractivity contribution >= 4 is 23.6 Å². The third-order valence-electron chi connectivity index (χ3n) is 7.12. The Morgan fingerprint density at radius 2 is 1.74 bits per heavy atom. The van der Waals surface area contributed by atoms with Gasteiger partial charge in [-0.2, -0.15) is 5.10 Å². The van der Waals surface area contributed by atoms with E-state index in [2.05, 4.69) is 26.6 Å². The number of carboxylic acid groups (broad SMARTS) is 1. The van der Waals surface area contributed by atoms with E-state index in [1.165, 1.54) is 6.33 Å². The Hall–Kier alpha value is -4.03. The number of nitrogens with zero attached hydrogens (tertiary/aromatic N) is 2. The van der Waals surface area contributed by atoms with E-state index in [1.807, 2.05) is 66.7 Å². The maximum Gasteiger partial charge on any atom is 0.303 e. The zero-order chi connectivity index (χ0) is 30.0. The molecule has 1 amide bonds. The molecule has 11 heteroatoms. The minimum Gasteiger partial charge on any atom is -0.481 e. The second kappa shape index (κ2) is 14.9. The highest BCUT2D eigenvalue weighted by Gasteiger charge is 2.32. The number of hydrogen-bond donors (Lipinski definition) is 4. The fourth-order valence-electron chi connectivity index (χ4n) is 4.87. The number of aromatic nitrogens is 3. The number of aliphatic carboxylic acids is 1. The molecule has 1 saturated heterocycles. The summed E-state index contributed by atoms with van der Waals surface area (Å²) in [5.41, 5.74) is 5.67. The van der Waals surface area contributed by atoms with Gasteiger partial charge in [0, 0.05) is 37.1 Å². The number of rotatable bonds is 13. The van der Waals surface area contributed by atoms with Crippen LogP contribution < -0.4 is 5.32 Å². The molecule has 5 rings (SSSR count). The summed E-state index contributed by atoms with van der Waals surface area (Å²) in [4.78, 5) is 27.0. The molecule has 0 bridgehead atoms. The van der Waals surface area contributed by atoms with E-state index < -0.39 is 12.3 Å². The first-order valence-electron chi connectivity index (χ1n) is 14.1. The molecule has 10 nitrogen and oxygen atoms in total. The van der Waals surface area contributed by atoms with Crippen LogP contribution in [0.5, 0.6) is 0 Å². The summed E-state index contributed by atoms with van der Waals surface area (Å²) in [6, 6.07) is 23.8. The third kappa shape index (κ3) is 8.74. The average Bonchev–Trinajstić information content (AvgIpc) is 3.57. The fraction of sp³-hybridized carbons (Fsp3) is 0.312. The number of nitrogens with one attached hydrogen (secondary N) is 2. The lowest BCUT2D eigenvalue weighted by molar-refractivity contribution is -0.245. The van der Waals surface area contributed by atoms with Crippen LogP contribution in [-0.4, -0.2) is 49.1 Å². The number of benzene rings is 3. The summed E-state index contributed by atoms with van der Waals surface area (Å²) < 4.78 is 13.0. The largest absolute Gasteiger partial charge is 0.481 e. The number of aliphatic hydroxyl groups excluding tert-OH is 1. The van der Waals surface area contributed by atoms with Gasteiger partial charge in [0.2, 0.25) is 5.91 Å². The van der Waals surface area contributed by atoms with Gasteiger partial charge in [0.1, 0.15) is 6.33 Å². The molecule has 4 aromatic rings. The lowest BCUT2D eigenvalue weighted by Gasteiger charge is -2.36. The summed E-state index contributed by atoms with van der Waals surface area (Å²) in [6.07, 6.45) is 1.72. The van der Waals surface area contributed by atoms with Crippen molar-refractivity contribution in [3.05, 3.63) is 101 Å². The van der Waals surface area contributed by atoms with Crippen molar-refractivity contribution in [2.45, 2.75) is 62.5 Å². The highest BCUT2D eigenvalue weighted by atomic mass is 32.2. The van der Waals surface area contributed by atoms with Gasteiger partial charge in [-0.1, -0.05) is 72.4 Å². The molecule has 1 aromatic heterocycles. The van der Waals surface area contributed by atoms with Crippen molar-refractivity contribution in [3.8, 4) is 11.1 Å². The molecule has 4 N–H and O–H groups in total. The Morgan fingerprint density at radius 1 is 0.953 bits per heavy atom. The summed E-state index contributed by atoms with van der Waals surface area (Å²) >= 11 is 1.55. The van der Waals surface area contributed by atoms with Crippen molar-refractivity contribution in [3.63, 3.8) is 0 Å². The van der Waals surface area contributed by atoms with Crippen LogP contribution in [0.3, 0.4) is 0 Å². The molecule has 1 aliphatic rings. The molecule has 3 atom stereocenters. The fourth-order valence-corrected chi connectivity index (χ4v) is 5.67. The molecule has 0 aliphatic carbocycles. The topological polar surface area (TPSA) is 147 Å². The van der Waals surface area contributed by atoms with Crippen LogP contribution in [0.2, 0.25) is 0 Å². The van der Waals surface area contributed by atoms with Crippen LogP contribution in [-0.2, 0) is 32.2 Å². The second-order valence-electron chi connectivity index (χ2n) is 10.3. The van der Waals surface area contributed by atoms with Gasteiger partial charge in [-0.25, -0.2) is 4.98 Å². The van der Waals surface area contributed by atoms with Gasteiger partial charge in [-0.3, -0.25) is 14.7 Å². The Morgan fingerprint density at radius 3 is 2.49 bits per heavy atom. The van der Waals surface area contributed by atoms with Crippen molar-refractivity contribution in [2.75, 3.05) is 5.75 Å². The van der Waals surface area contributed by atoms with E-state index in [-0.39, 0.29) is 37.6 Å². The molecule has 0 radical (unpaired) electrons. The summed E-state index contributed by atoms with van der Waals surface area (Å²) in [6.45, 7) is 0.344. The van der Waals surface area contributed by atoms with Gasteiger partial charge in [0.15, 0.2) is 11.4 Å². The number of carboxylic acids is 1. The van der Waals surface area contributed by atoms with E-state index in [0.29, 0.717) is 25.1 Å². The maximum absolute atomic E-state index is 12.1. The van der Waals surface area contributed by atoms with Gasteiger partial charge in [-0.15, -0.1) is 0 Å². The molecule has 224 valence electrons. The molecule has 0 unspecified atom stereocenters. The number of aliphatic hydroxyl groups is 1. The van der Waals surface area contributed by atoms with E-state index in [9.17, 15) is 14.7 Å². The number of carbonyl (C=O) groups is 2.